The maximum absolute atomic E-state index is 16.0. The van der Waals surface area contributed by atoms with Crippen LogP contribution in [0.5, 0.6) is 0 Å². The standard InChI is InChI=1S/C27H28F4N6O3/c28-18-2-1-3-21(10-18)37(12-19-5-4-17(11-32-19)24-33-34-25(40-24)23(29)30)26(38)27(31)15-36(16-27)20-6-8-35(9-7-20)22-13-39-14-22/h1-5,10-11,20,22-23H,6-9,12-16H2. The first-order valence-corrected chi connectivity index (χ1v) is 13.2. The SMILES string of the molecule is O=C(N(Cc1ccc(-c2nnc(C(F)F)o2)cn1)c1cccc(F)c1)C1(F)CN(C2CCN(C3COC3)CC2)C1. The van der Waals surface area contributed by atoms with E-state index in [0.29, 0.717) is 17.3 Å². The summed E-state index contributed by atoms with van der Waals surface area (Å²) in [7, 11) is 0. The highest BCUT2D eigenvalue weighted by molar-refractivity contribution is 6.00. The number of piperidine rings is 1. The third kappa shape index (κ3) is 5.32. The molecule has 0 N–H and O–H groups in total. The summed E-state index contributed by atoms with van der Waals surface area (Å²) >= 11 is 0. The molecule has 5 heterocycles. The number of rotatable bonds is 8. The zero-order valence-corrected chi connectivity index (χ0v) is 21.6. The fourth-order valence-electron chi connectivity index (χ4n) is 5.45. The number of anilines is 1. The van der Waals surface area contributed by atoms with E-state index in [1.54, 1.807) is 12.1 Å². The molecule has 0 bridgehead atoms. The van der Waals surface area contributed by atoms with Crippen LogP contribution in [0.15, 0.2) is 47.0 Å². The lowest BCUT2D eigenvalue weighted by molar-refractivity contribution is -0.147. The van der Waals surface area contributed by atoms with Crippen LogP contribution in [0.4, 0.5) is 23.2 Å². The minimum Gasteiger partial charge on any atom is -0.415 e. The number of carbonyl (C=O) groups is 1. The van der Waals surface area contributed by atoms with E-state index in [4.69, 9.17) is 9.15 Å². The molecule has 0 aliphatic carbocycles. The van der Waals surface area contributed by atoms with Gasteiger partial charge in [-0.2, -0.15) is 8.78 Å². The molecule has 9 nitrogen and oxygen atoms in total. The molecule has 2 aromatic heterocycles. The minimum atomic E-state index is -2.90. The zero-order chi connectivity index (χ0) is 27.9. The molecule has 40 heavy (non-hydrogen) atoms. The Morgan fingerprint density at radius 2 is 1.85 bits per heavy atom. The van der Waals surface area contributed by atoms with Gasteiger partial charge in [0.15, 0.2) is 0 Å². The van der Waals surface area contributed by atoms with Crippen molar-refractivity contribution in [3.05, 3.63) is 60.0 Å². The molecule has 3 fully saturated rings. The molecule has 212 valence electrons. The number of pyridine rings is 1. The first-order valence-electron chi connectivity index (χ1n) is 13.2. The highest BCUT2D eigenvalue weighted by Gasteiger charge is 2.54. The van der Waals surface area contributed by atoms with E-state index in [9.17, 15) is 18.0 Å². The van der Waals surface area contributed by atoms with E-state index in [2.05, 4.69) is 20.1 Å². The van der Waals surface area contributed by atoms with E-state index in [0.717, 1.165) is 39.1 Å². The van der Waals surface area contributed by atoms with Gasteiger partial charge in [-0.05, 0) is 43.2 Å². The van der Waals surface area contributed by atoms with Crippen molar-refractivity contribution in [3.63, 3.8) is 0 Å². The van der Waals surface area contributed by atoms with Gasteiger partial charge < -0.3 is 14.1 Å². The molecule has 13 heteroatoms. The Morgan fingerprint density at radius 3 is 2.45 bits per heavy atom. The van der Waals surface area contributed by atoms with Crippen molar-refractivity contribution in [1.29, 1.82) is 0 Å². The summed E-state index contributed by atoms with van der Waals surface area (Å²) < 4.78 is 65.9. The summed E-state index contributed by atoms with van der Waals surface area (Å²) in [5, 5.41) is 6.89. The second-order valence-electron chi connectivity index (χ2n) is 10.5. The van der Waals surface area contributed by atoms with Gasteiger partial charge in [-0.25, -0.2) is 8.78 Å². The van der Waals surface area contributed by atoms with Crippen molar-refractivity contribution < 1.29 is 31.5 Å². The molecular weight excluding hydrogens is 532 g/mol. The van der Waals surface area contributed by atoms with Crippen molar-refractivity contribution in [2.45, 2.75) is 43.6 Å². The predicted molar refractivity (Wildman–Crippen MR) is 135 cm³/mol. The van der Waals surface area contributed by atoms with E-state index in [1.807, 2.05) is 4.90 Å². The number of nitrogens with zero attached hydrogens (tertiary/aromatic N) is 6. The van der Waals surface area contributed by atoms with Crippen LogP contribution in [-0.4, -0.2) is 88.0 Å². The lowest BCUT2D eigenvalue weighted by atomic mass is 9.89. The molecule has 6 rings (SSSR count). The number of ether oxygens (including phenoxy) is 1. The number of amides is 1. The van der Waals surface area contributed by atoms with Gasteiger partial charge in [0.2, 0.25) is 11.6 Å². The van der Waals surface area contributed by atoms with Gasteiger partial charge in [-0.15, -0.1) is 10.2 Å². The van der Waals surface area contributed by atoms with Gasteiger partial charge in [-0.3, -0.25) is 19.6 Å². The Hall–Kier alpha value is -3.42. The molecule has 3 aliphatic heterocycles. The number of halogens is 4. The summed E-state index contributed by atoms with van der Waals surface area (Å²) in [6.45, 7) is 3.21. The molecular formula is C27H28F4N6O3. The maximum atomic E-state index is 16.0. The summed E-state index contributed by atoms with van der Waals surface area (Å²) in [6.07, 6.45) is 0.252. The number of aromatic nitrogens is 3. The summed E-state index contributed by atoms with van der Waals surface area (Å²) in [5.74, 6) is -2.25. The Kier molecular flexibility index (Phi) is 7.27. The largest absolute Gasteiger partial charge is 0.415 e. The predicted octanol–water partition coefficient (Wildman–Crippen LogP) is 3.63. The van der Waals surface area contributed by atoms with E-state index < -0.39 is 29.7 Å². The third-order valence-corrected chi connectivity index (χ3v) is 7.83. The van der Waals surface area contributed by atoms with Crippen molar-refractivity contribution in [1.82, 2.24) is 25.0 Å². The Morgan fingerprint density at radius 1 is 1.07 bits per heavy atom. The lowest BCUT2D eigenvalue weighted by Gasteiger charge is -2.51. The molecule has 1 aromatic carbocycles. The summed E-state index contributed by atoms with van der Waals surface area (Å²) in [4.78, 5) is 23.5. The Bertz CT molecular complexity index is 1340. The number of hydrogen-bond acceptors (Lipinski definition) is 8. The number of benzene rings is 1. The molecule has 0 saturated carbocycles. The highest BCUT2D eigenvalue weighted by Crippen LogP contribution is 2.35. The van der Waals surface area contributed by atoms with Crippen LogP contribution < -0.4 is 4.90 Å². The number of hydrogen-bond donors (Lipinski definition) is 0. The van der Waals surface area contributed by atoms with Crippen molar-refractivity contribution >= 4 is 11.6 Å². The molecule has 0 radical (unpaired) electrons. The van der Waals surface area contributed by atoms with Crippen molar-refractivity contribution in [3.8, 4) is 11.5 Å². The molecule has 0 unspecified atom stereocenters. The molecule has 0 spiro atoms. The van der Waals surface area contributed by atoms with Crippen LogP contribution in [0.25, 0.3) is 11.5 Å². The van der Waals surface area contributed by atoms with Gasteiger partial charge >= 0.3 is 6.43 Å². The fourth-order valence-corrected chi connectivity index (χ4v) is 5.45. The Balaban J connectivity index is 1.14. The van der Waals surface area contributed by atoms with Crippen LogP contribution in [0.1, 0.15) is 30.9 Å². The monoisotopic (exact) mass is 560 g/mol. The van der Waals surface area contributed by atoms with Crippen LogP contribution >= 0.6 is 0 Å². The first kappa shape index (κ1) is 26.8. The summed E-state index contributed by atoms with van der Waals surface area (Å²) in [6, 6.07) is 9.17. The van der Waals surface area contributed by atoms with E-state index in [1.165, 1.54) is 35.4 Å². The second kappa shape index (κ2) is 10.9. The molecule has 3 aromatic rings. The minimum absolute atomic E-state index is 0.0230. The first-order chi connectivity index (χ1) is 19.3. The van der Waals surface area contributed by atoms with Gasteiger partial charge in [0.05, 0.1) is 37.1 Å². The maximum Gasteiger partial charge on any atom is 0.314 e. The highest BCUT2D eigenvalue weighted by atomic mass is 19.3. The third-order valence-electron chi connectivity index (χ3n) is 7.83. The Labute approximate surface area is 227 Å². The number of likely N-dealkylation sites (tertiary alicyclic amines) is 2. The normalized spacial score (nSPS) is 20.3. The van der Waals surface area contributed by atoms with Gasteiger partial charge in [-0.1, -0.05) is 6.07 Å². The van der Waals surface area contributed by atoms with Crippen LogP contribution in [0.2, 0.25) is 0 Å². The molecule has 3 aliphatic rings. The average molecular weight is 561 g/mol. The molecule has 3 saturated heterocycles. The van der Waals surface area contributed by atoms with E-state index in [-0.39, 0.29) is 37.3 Å². The van der Waals surface area contributed by atoms with Crippen molar-refractivity contribution in [2.24, 2.45) is 0 Å². The second-order valence-corrected chi connectivity index (χ2v) is 10.5. The average Bonchev–Trinajstić information content (AvgIpc) is 3.40. The van der Waals surface area contributed by atoms with Gasteiger partial charge in [0.1, 0.15) is 5.82 Å². The fraction of sp³-hybridized carbons (Fsp3) is 0.481. The number of carbonyl (C=O) groups excluding carboxylic acids is 1. The lowest BCUT2D eigenvalue weighted by Crippen LogP contribution is -2.69. The van der Waals surface area contributed by atoms with E-state index >= 15 is 4.39 Å². The smallest absolute Gasteiger partial charge is 0.314 e. The van der Waals surface area contributed by atoms with Gasteiger partial charge in [0.25, 0.3) is 11.8 Å². The molecule has 0 atom stereocenters. The van der Waals surface area contributed by atoms with Crippen LogP contribution in [0.3, 0.4) is 0 Å². The quantitative estimate of drug-likeness (QED) is 0.386. The summed E-state index contributed by atoms with van der Waals surface area (Å²) in [5.41, 5.74) is -1.22. The number of alkyl halides is 3. The van der Waals surface area contributed by atoms with Crippen LogP contribution in [-0.2, 0) is 16.1 Å². The zero-order valence-electron chi connectivity index (χ0n) is 21.6. The van der Waals surface area contributed by atoms with Crippen LogP contribution in [0, 0.1) is 5.82 Å². The van der Waals surface area contributed by atoms with Crippen molar-refractivity contribution in [2.75, 3.05) is 44.3 Å². The van der Waals surface area contributed by atoms with Gasteiger partial charge in [0, 0.05) is 44.1 Å². The topological polar surface area (TPSA) is 87.8 Å². The molecule has 1 amide bonds.